The third-order valence-electron chi connectivity index (χ3n) is 11.4. The molecule has 2 heterocycles. The molecule has 6 aromatic rings. The summed E-state index contributed by atoms with van der Waals surface area (Å²) in [5, 5.41) is 26.1. The molecule has 3 heteroatoms. The van der Waals surface area contributed by atoms with E-state index in [2.05, 4.69) is 71.1 Å². The van der Waals surface area contributed by atoms with Gasteiger partial charge in [-0.1, -0.05) is 30.3 Å². The monoisotopic (exact) mass is 527 g/mol. The molecule has 3 nitrogen and oxygen atoms in total. The Morgan fingerprint density at radius 1 is 0.634 bits per heavy atom. The van der Waals surface area contributed by atoms with E-state index >= 15 is 0 Å². The Bertz CT molecular complexity index is 2190. The molecule has 0 radical (unpaired) electrons. The quantitative estimate of drug-likeness (QED) is 0.214. The Kier molecular flexibility index (Phi) is 4.19. The highest BCUT2D eigenvalue weighted by Gasteiger charge is 2.44. The number of nitriles is 2. The van der Waals surface area contributed by atoms with Crippen LogP contribution in [-0.2, 0) is 12.8 Å². The second-order valence-corrected chi connectivity index (χ2v) is 13.4. The number of benzene rings is 4. The maximum absolute atomic E-state index is 10.6. The average molecular weight is 528 g/mol. The molecule has 2 atom stereocenters. The third-order valence-corrected chi connectivity index (χ3v) is 11.4. The molecule has 11 rings (SSSR count). The highest BCUT2D eigenvalue weighted by molar-refractivity contribution is 6.26. The summed E-state index contributed by atoms with van der Waals surface area (Å²) in [6.07, 6.45) is 9.54. The zero-order chi connectivity index (χ0) is 27.0. The standard InChI is InChI=1S/C38H29N3/c39-18-26-16-32-36(29-8-4-7-28(26)29)30-14-23(22-5-2-1-3-6-22)15-31-37-33(41(32)38(30)31)17-27(19-40)34-24-10-20-9-21(11-24)13-25(12-20)35(34)37/h1-3,5-6,14-17,20-21,24-25H,4,7-13H2. The van der Waals surface area contributed by atoms with E-state index in [0.29, 0.717) is 11.8 Å². The largest absolute Gasteiger partial charge is 0.308 e. The lowest BCUT2D eigenvalue weighted by Gasteiger charge is -2.38. The predicted octanol–water partition coefficient (Wildman–Crippen LogP) is 9.13. The van der Waals surface area contributed by atoms with Crippen LogP contribution in [0.15, 0.2) is 54.6 Å². The molecule has 4 bridgehead atoms. The molecule has 2 fully saturated rings. The van der Waals surface area contributed by atoms with Crippen molar-refractivity contribution in [2.45, 2.75) is 63.2 Å². The number of aromatic nitrogens is 1. The van der Waals surface area contributed by atoms with E-state index in [0.717, 1.165) is 47.7 Å². The van der Waals surface area contributed by atoms with Crippen LogP contribution in [0.4, 0.5) is 0 Å². The smallest absolute Gasteiger partial charge is 0.0995 e. The molecule has 0 N–H and O–H groups in total. The van der Waals surface area contributed by atoms with Crippen molar-refractivity contribution in [1.29, 1.82) is 10.5 Å². The van der Waals surface area contributed by atoms with Crippen molar-refractivity contribution in [3.8, 4) is 23.3 Å². The summed E-state index contributed by atoms with van der Waals surface area (Å²) in [5.74, 6) is 2.64. The summed E-state index contributed by atoms with van der Waals surface area (Å²) in [5.41, 5.74) is 13.3. The number of hydrogen-bond acceptors (Lipinski definition) is 2. The first kappa shape index (κ1) is 22.4. The molecule has 0 amide bonds. The topological polar surface area (TPSA) is 52.0 Å². The highest BCUT2D eigenvalue weighted by atomic mass is 14.9. The summed E-state index contributed by atoms with van der Waals surface area (Å²) in [6.45, 7) is 0. The molecular formula is C38H29N3. The maximum Gasteiger partial charge on any atom is 0.0995 e. The van der Waals surface area contributed by atoms with Crippen LogP contribution in [0.2, 0.25) is 0 Å². The van der Waals surface area contributed by atoms with Gasteiger partial charge in [-0.2, -0.15) is 10.5 Å². The van der Waals surface area contributed by atoms with Gasteiger partial charge in [-0.05, 0) is 133 Å². The third kappa shape index (κ3) is 2.73. The fourth-order valence-electron chi connectivity index (χ4n) is 10.2. The van der Waals surface area contributed by atoms with Gasteiger partial charge in [0.2, 0.25) is 0 Å². The molecule has 0 saturated heterocycles. The number of rotatable bonds is 1. The van der Waals surface area contributed by atoms with Crippen molar-refractivity contribution in [2.24, 2.45) is 11.8 Å². The minimum absolute atomic E-state index is 0.513. The van der Waals surface area contributed by atoms with Gasteiger partial charge in [0.15, 0.2) is 0 Å². The van der Waals surface area contributed by atoms with Crippen molar-refractivity contribution < 1.29 is 0 Å². The Morgan fingerprint density at radius 2 is 1.27 bits per heavy atom. The van der Waals surface area contributed by atoms with Gasteiger partial charge in [-0.3, -0.25) is 0 Å². The normalized spacial score (nSPS) is 24.2. The van der Waals surface area contributed by atoms with Crippen LogP contribution >= 0.6 is 0 Å². The summed E-state index contributed by atoms with van der Waals surface area (Å²) in [4.78, 5) is 0. The highest BCUT2D eigenvalue weighted by Crippen LogP contribution is 2.59. The van der Waals surface area contributed by atoms with E-state index in [1.165, 1.54) is 98.1 Å². The minimum Gasteiger partial charge on any atom is -0.308 e. The van der Waals surface area contributed by atoms with Gasteiger partial charge in [0.25, 0.3) is 0 Å². The zero-order valence-corrected chi connectivity index (χ0v) is 23.0. The number of nitrogens with zero attached hydrogens (tertiary/aromatic N) is 3. The van der Waals surface area contributed by atoms with Crippen LogP contribution in [0.3, 0.4) is 0 Å². The number of hydrogen-bond donors (Lipinski definition) is 0. The van der Waals surface area contributed by atoms with Gasteiger partial charge in [-0.15, -0.1) is 0 Å². The lowest BCUT2D eigenvalue weighted by molar-refractivity contribution is 0.166. The fourth-order valence-corrected chi connectivity index (χ4v) is 10.2. The molecule has 196 valence electrons. The molecular weight excluding hydrogens is 498 g/mol. The Morgan fingerprint density at radius 3 is 2.00 bits per heavy atom. The molecule has 4 aromatic carbocycles. The molecule has 0 aliphatic heterocycles. The average Bonchev–Trinajstić information content (AvgIpc) is 3.67. The fraction of sp³-hybridized carbons (Fsp3) is 0.316. The van der Waals surface area contributed by atoms with Crippen LogP contribution in [0.5, 0.6) is 0 Å². The van der Waals surface area contributed by atoms with E-state index < -0.39 is 0 Å². The lowest BCUT2D eigenvalue weighted by Crippen LogP contribution is -2.25. The van der Waals surface area contributed by atoms with E-state index in [1.807, 2.05) is 0 Å². The van der Waals surface area contributed by atoms with E-state index in [9.17, 15) is 10.5 Å². The first-order valence-electron chi connectivity index (χ1n) is 15.5. The predicted molar refractivity (Wildman–Crippen MR) is 164 cm³/mol. The maximum atomic E-state index is 10.6. The van der Waals surface area contributed by atoms with Crippen LogP contribution in [0.25, 0.3) is 49.2 Å². The zero-order valence-electron chi connectivity index (χ0n) is 23.0. The van der Waals surface area contributed by atoms with Crippen molar-refractivity contribution in [1.82, 2.24) is 4.40 Å². The number of aryl methyl sites for hydroxylation is 1. The summed E-state index contributed by atoms with van der Waals surface area (Å²) in [6, 6.07) is 25.3. The van der Waals surface area contributed by atoms with Crippen LogP contribution in [0.1, 0.15) is 83.7 Å². The number of fused-ring (bicyclic) bond motifs is 8. The molecule has 2 saturated carbocycles. The van der Waals surface area contributed by atoms with Gasteiger partial charge >= 0.3 is 0 Å². The SMILES string of the molecule is N#Cc1cc2c(c3c1CCC3)c1cc(-c3ccccc3)cc3c4c5c(c(C#N)cc4n2c13)C1CC2CC(C1)CC5C2. The first-order valence-corrected chi connectivity index (χ1v) is 15.5. The van der Waals surface area contributed by atoms with Gasteiger partial charge in [0.1, 0.15) is 0 Å². The van der Waals surface area contributed by atoms with Gasteiger partial charge < -0.3 is 4.40 Å². The Labute approximate surface area is 239 Å². The van der Waals surface area contributed by atoms with Gasteiger partial charge in [-0.25, -0.2) is 0 Å². The molecule has 41 heavy (non-hydrogen) atoms. The van der Waals surface area contributed by atoms with Crippen molar-refractivity contribution >= 4 is 38.1 Å². The Hall–Kier alpha value is -4.34. The van der Waals surface area contributed by atoms with Crippen molar-refractivity contribution in [2.75, 3.05) is 0 Å². The van der Waals surface area contributed by atoms with E-state index in [1.54, 1.807) is 0 Å². The van der Waals surface area contributed by atoms with E-state index in [-0.39, 0.29) is 0 Å². The van der Waals surface area contributed by atoms with Crippen molar-refractivity contribution in [3.05, 3.63) is 88.0 Å². The van der Waals surface area contributed by atoms with Gasteiger partial charge in [0, 0.05) is 21.5 Å². The second-order valence-electron chi connectivity index (χ2n) is 13.4. The van der Waals surface area contributed by atoms with Crippen LogP contribution < -0.4 is 0 Å². The van der Waals surface area contributed by atoms with Crippen molar-refractivity contribution in [3.63, 3.8) is 0 Å². The first-order chi connectivity index (χ1) is 20.2. The summed E-state index contributed by atoms with van der Waals surface area (Å²) >= 11 is 0. The summed E-state index contributed by atoms with van der Waals surface area (Å²) in [7, 11) is 0. The lowest BCUT2D eigenvalue weighted by atomic mass is 9.67. The molecule has 5 aliphatic rings. The molecule has 2 aromatic heterocycles. The van der Waals surface area contributed by atoms with Crippen LogP contribution in [-0.4, -0.2) is 4.40 Å². The van der Waals surface area contributed by atoms with E-state index in [4.69, 9.17) is 0 Å². The molecule has 2 unspecified atom stereocenters. The molecule has 0 spiro atoms. The Balaban J connectivity index is 1.45. The van der Waals surface area contributed by atoms with Gasteiger partial charge in [0.05, 0.1) is 39.8 Å². The minimum atomic E-state index is 0.513. The summed E-state index contributed by atoms with van der Waals surface area (Å²) < 4.78 is 2.44. The molecule has 5 aliphatic carbocycles. The second kappa shape index (κ2) is 7.69. The van der Waals surface area contributed by atoms with Crippen LogP contribution in [0, 0.1) is 34.5 Å².